The SMILES string of the molecule is CCOC(=O)C1CCN(S(=O)(=O)C2CON(C)C2c2sccc2C)CC1. The second-order valence-electron chi connectivity index (χ2n) is 6.76. The summed E-state index contributed by atoms with van der Waals surface area (Å²) in [5.41, 5.74) is 1.08. The number of aryl methyl sites for hydroxylation is 1. The highest BCUT2D eigenvalue weighted by atomic mass is 32.2. The molecule has 2 atom stereocenters. The van der Waals surface area contributed by atoms with Crippen molar-refractivity contribution in [2.24, 2.45) is 5.92 Å². The van der Waals surface area contributed by atoms with Crippen molar-refractivity contribution in [1.82, 2.24) is 9.37 Å². The van der Waals surface area contributed by atoms with E-state index >= 15 is 0 Å². The summed E-state index contributed by atoms with van der Waals surface area (Å²) < 4.78 is 33.1. The van der Waals surface area contributed by atoms with Gasteiger partial charge in [-0.25, -0.2) is 12.7 Å². The molecule has 1 aromatic rings. The lowest BCUT2D eigenvalue weighted by Crippen LogP contribution is -2.46. The Morgan fingerprint density at radius 1 is 1.38 bits per heavy atom. The number of sulfonamides is 1. The number of nitrogens with zero attached hydrogens (tertiary/aromatic N) is 2. The number of esters is 1. The average Bonchev–Trinajstić information content (AvgIpc) is 3.20. The van der Waals surface area contributed by atoms with E-state index in [2.05, 4.69) is 0 Å². The second-order valence-corrected chi connectivity index (χ2v) is 9.86. The van der Waals surface area contributed by atoms with Crippen LogP contribution in [0.1, 0.15) is 36.2 Å². The first-order chi connectivity index (χ1) is 12.4. The zero-order chi connectivity index (χ0) is 18.9. The number of carbonyl (C=O) groups is 1. The molecule has 1 aromatic heterocycles. The third-order valence-corrected chi connectivity index (χ3v) is 8.51. The Kier molecular flexibility index (Phi) is 6.03. The Morgan fingerprint density at radius 3 is 2.65 bits per heavy atom. The predicted octanol–water partition coefficient (Wildman–Crippen LogP) is 1.95. The predicted molar refractivity (Wildman–Crippen MR) is 99.1 cm³/mol. The zero-order valence-electron chi connectivity index (χ0n) is 15.4. The van der Waals surface area contributed by atoms with Crippen LogP contribution in [0, 0.1) is 12.8 Å². The summed E-state index contributed by atoms with van der Waals surface area (Å²) in [6.45, 7) is 4.97. The maximum Gasteiger partial charge on any atom is 0.309 e. The van der Waals surface area contributed by atoms with Crippen LogP contribution in [0.15, 0.2) is 11.4 Å². The van der Waals surface area contributed by atoms with E-state index in [0.717, 1.165) is 10.4 Å². The van der Waals surface area contributed by atoms with Gasteiger partial charge in [-0.05, 0) is 43.7 Å². The summed E-state index contributed by atoms with van der Waals surface area (Å²) in [5, 5.41) is 3.00. The van der Waals surface area contributed by atoms with E-state index in [9.17, 15) is 13.2 Å². The molecule has 0 spiro atoms. The van der Waals surface area contributed by atoms with E-state index in [-0.39, 0.29) is 24.5 Å². The van der Waals surface area contributed by atoms with Crippen LogP contribution in [0.2, 0.25) is 0 Å². The lowest BCUT2D eigenvalue weighted by atomic mass is 9.98. The molecule has 146 valence electrons. The van der Waals surface area contributed by atoms with Gasteiger partial charge in [0.2, 0.25) is 10.0 Å². The van der Waals surface area contributed by atoms with E-state index in [0.29, 0.717) is 32.5 Å². The van der Waals surface area contributed by atoms with Crippen molar-refractivity contribution in [1.29, 1.82) is 0 Å². The van der Waals surface area contributed by atoms with Gasteiger partial charge in [-0.3, -0.25) is 9.63 Å². The minimum absolute atomic E-state index is 0.151. The minimum atomic E-state index is -3.53. The molecule has 0 radical (unpaired) electrons. The maximum atomic E-state index is 13.3. The van der Waals surface area contributed by atoms with Gasteiger partial charge in [0.05, 0.1) is 25.2 Å². The molecule has 3 rings (SSSR count). The second kappa shape index (κ2) is 7.93. The van der Waals surface area contributed by atoms with Gasteiger partial charge in [-0.15, -0.1) is 11.3 Å². The number of hydroxylamine groups is 2. The smallest absolute Gasteiger partial charge is 0.309 e. The van der Waals surface area contributed by atoms with Crippen molar-refractivity contribution in [3.8, 4) is 0 Å². The summed E-state index contributed by atoms with van der Waals surface area (Å²) in [6, 6.07) is 1.70. The quantitative estimate of drug-likeness (QED) is 0.701. The number of piperidine rings is 1. The van der Waals surface area contributed by atoms with Crippen LogP contribution >= 0.6 is 11.3 Å². The van der Waals surface area contributed by atoms with E-state index in [1.165, 1.54) is 4.31 Å². The van der Waals surface area contributed by atoms with Crippen molar-refractivity contribution in [3.63, 3.8) is 0 Å². The molecule has 0 saturated carbocycles. The molecule has 2 aliphatic heterocycles. The highest BCUT2D eigenvalue weighted by Gasteiger charge is 2.47. The number of rotatable bonds is 5. The van der Waals surface area contributed by atoms with Crippen LogP contribution in [0.4, 0.5) is 0 Å². The average molecular weight is 403 g/mol. The first-order valence-electron chi connectivity index (χ1n) is 8.91. The highest BCUT2D eigenvalue weighted by Crippen LogP contribution is 2.39. The zero-order valence-corrected chi connectivity index (χ0v) is 17.0. The van der Waals surface area contributed by atoms with Gasteiger partial charge in [0.25, 0.3) is 0 Å². The van der Waals surface area contributed by atoms with Crippen LogP contribution in [-0.4, -0.2) is 62.4 Å². The van der Waals surface area contributed by atoms with Crippen molar-refractivity contribution >= 4 is 27.3 Å². The van der Waals surface area contributed by atoms with Gasteiger partial charge in [0.1, 0.15) is 5.25 Å². The molecule has 0 amide bonds. The lowest BCUT2D eigenvalue weighted by molar-refractivity contribution is -0.149. The maximum absolute atomic E-state index is 13.3. The first-order valence-corrected chi connectivity index (χ1v) is 11.3. The minimum Gasteiger partial charge on any atom is -0.466 e. The van der Waals surface area contributed by atoms with Crippen molar-refractivity contribution in [3.05, 3.63) is 21.9 Å². The van der Waals surface area contributed by atoms with Crippen LogP contribution in [0.25, 0.3) is 0 Å². The molecule has 0 N–H and O–H groups in total. The molecule has 26 heavy (non-hydrogen) atoms. The molecule has 2 unspecified atom stereocenters. The largest absolute Gasteiger partial charge is 0.466 e. The molecular formula is C17H26N2O5S2. The topological polar surface area (TPSA) is 76.1 Å². The number of hydrogen-bond acceptors (Lipinski definition) is 7. The number of ether oxygens (including phenoxy) is 1. The number of hydrogen-bond donors (Lipinski definition) is 0. The highest BCUT2D eigenvalue weighted by molar-refractivity contribution is 7.89. The van der Waals surface area contributed by atoms with E-state index < -0.39 is 15.3 Å². The standard InChI is InChI=1S/C17H26N2O5S2/c1-4-23-17(20)13-5-8-19(9-6-13)26(21,22)14-11-24-18(3)15(14)16-12(2)7-10-25-16/h7,10,13-15H,4-6,8-9,11H2,1-3H3. The fourth-order valence-corrected chi connectivity index (χ4v) is 6.84. The molecule has 0 aromatic carbocycles. The molecule has 0 aliphatic carbocycles. The molecule has 2 saturated heterocycles. The fraction of sp³-hybridized carbons (Fsp3) is 0.706. The monoisotopic (exact) mass is 402 g/mol. The lowest BCUT2D eigenvalue weighted by Gasteiger charge is -2.33. The summed E-state index contributed by atoms with van der Waals surface area (Å²) in [5.74, 6) is -0.431. The van der Waals surface area contributed by atoms with Crippen LogP contribution in [0.3, 0.4) is 0 Å². The Hall–Kier alpha value is -1.00. The summed E-state index contributed by atoms with van der Waals surface area (Å²) in [4.78, 5) is 18.5. The fourth-order valence-electron chi connectivity index (χ4n) is 3.66. The molecular weight excluding hydrogens is 376 g/mol. The molecule has 2 aliphatic rings. The van der Waals surface area contributed by atoms with E-state index in [1.54, 1.807) is 30.4 Å². The van der Waals surface area contributed by atoms with Gasteiger partial charge in [-0.1, -0.05) is 0 Å². The van der Waals surface area contributed by atoms with Crippen molar-refractivity contribution < 1.29 is 22.8 Å². The van der Waals surface area contributed by atoms with E-state index in [1.807, 2.05) is 18.4 Å². The molecule has 3 heterocycles. The first kappa shape index (κ1) is 19.8. The third kappa shape index (κ3) is 3.68. The summed E-state index contributed by atoms with van der Waals surface area (Å²) >= 11 is 1.56. The van der Waals surface area contributed by atoms with Gasteiger partial charge in [-0.2, -0.15) is 5.06 Å². The Balaban J connectivity index is 1.74. The Bertz CT molecular complexity index is 740. The van der Waals surface area contributed by atoms with E-state index in [4.69, 9.17) is 9.57 Å². The molecule has 0 bridgehead atoms. The third-order valence-electron chi connectivity index (χ3n) is 5.17. The Labute approximate surface area is 158 Å². The van der Waals surface area contributed by atoms with Gasteiger partial charge in [0, 0.05) is 25.0 Å². The Morgan fingerprint density at radius 2 is 2.08 bits per heavy atom. The molecule has 7 nitrogen and oxygen atoms in total. The molecule has 9 heteroatoms. The summed E-state index contributed by atoms with van der Waals surface area (Å²) in [7, 11) is -1.74. The van der Waals surface area contributed by atoms with Gasteiger partial charge >= 0.3 is 5.97 Å². The van der Waals surface area contributed by atoms with Crippen molar-refractivity contribution in [2.75, 3.05) is 33.4 Å². The number of thiophene rings is 1. The molecule has 2 fully saturated rings. The van der Waals surface area contributed by atoms with Crippen LogP contribution < -0.4 is 0 Å². The normalized spacial score (nSPS) is 26.3. The van der Waals surface area contributed by atoms with Crippen LogP contribution in [0.5, 0.6) is 0 Å². The van der Waals surface area contributed by atoms with Gasteiger partial charge in [0.15, 0.2) is 0 Å². The number of carbonyl (C=O) groups excluding carboxylic acids is 1. The van der Waals surface area contributed by atoms with Crippen molar-refractivity contribution in [2.45, 2.75) is 38.0 Å². The van der Waals surface area contributed by atoms with Gasteiger partial charge < -0.3 is 4.74 Å². The van der Waals surface area contributed by atoms with Crippen LogP contribution in [-0.2, 0) is 24.4 Å². The summed E-state index contributed by atoms with van der Waals surface area (Å²) in [6.07, 6.45) is 1.01.